The lowest BCUT2D eigenvalue weighted by atomic mass is 10.0. The van der Waals surface area contributed by atoms with Gasteiger partial charge in [0.2, 0.25) is 11.8 Å². The normalized spacial score (nSPS) is 14.9. The third-order valence-electron chi connectivity index (χ3n) is 5.55. The smallest absolute Gasteiger partial charge is 0.237 e. The van der Waals surface area contributed by atoms with Crippen molar-refractivity contribution < 1.29 is 4.74 Å². The Bertz CT molecular complexity index is 1070. The monoisotopic (exact) mass is 420 g/mol. The molecule has 0 atom stereocenters. The first-order valence-electron chi connectivity index (χ1n) is 10.1. The summed E-state index contributed by atoms with van der Waals surface area (Å²) in [4.78, 5) is 17.4. The Hall–Kier alpha value is -3.00. The van der Waals surface area contributed by atoms with Gasteiger partial charge in [-0.1, -0.05) is 0 Å². The summed E-state index contributed by atoms with van der Waals surface area (Å²) in [6.07, 6.45) is 6.85. The van der Waals surface area contributed by atoms with Crippen molar-refractivity contribution in [3.8, 4) is 5.88 Å². The Balaban J connectivity index is 1.37. The average molecular weight is 421 g/mol. The third kappa shape index (κ3) is 3.63. The minimum Gasteiger partial charge on any atom is -0.474 e. The Morgan fingerprint density at radius 2 is 2.03 bits per heavy atom. The molecule has 0 radical (unpaired) electrons. The second-order valence-corrected chi connectivity index (χ2v) is 8.29. The van der Waals surface area contributed by atoms with Gasteiger partial charge in [0.15, 0.2) is 0 Å². The van der Waals surface area contributed by atoms with Crippen LogP contribution in [0.15, 0.2) is 41.6 Å². The minimum absolute atomic E-state index is 0.628. The number of aromatic nitrogens is 3. The first-order chi connectivity index (χ1) is 14.7. The van der Waals surface area contributed by atoms with Gasteiger partial charge in [-0.15, -0.1) is 11.8 Å². The van der Waals surface area contributed by atoms with Crippen LogP contribution in [0.5, 0.6) is 5.88 Å². The summed E-state index contributed by atoms with van der Waals surface area (Å²) in [5.41, 5.74) is 6.55. The van der Waals surface area contributed by atoms with Gasteiger partial charge in [0, 0.05) is 35.4 Å². The van der Waals surface area contributed by atoms with Crippen LogP contribution in [0.1, 0.15) is 16.8 Å². The predicted octanol–water partition coefficient (Wildman–Crippen LogP) is 4.01. The lowest BCUT2D eigenvalue weighted by molar-refractivity contribution is 0.310. The number of hydrogen-bond acceptors (Lipinski definition) is 8. The van der Waals surface area contributed by atoms with Gasteiger partial charge >= 0.3 is 0 Å². The fourth-order valence-corrected chi connectivity index (χ4v) is 4.31. The summed E-state index contributed by atoms with van der Waals surface area (Å²) in [5.74, 6) is 1.32. The SMILES string of the molecule is CSc1ccc(Nc2ncc3c(n2)CN(c2cnc4c(c2C)NCCO4)CC3)cc1. The molecule has 0 amide bonds. The van der Waals surface area contributed by atoms with E-state index in [4.69, 9.17) is 9.72 Å². The molecule has 0 saturated heterocycles. The molecule has 0 bridgehead atoms. The fraction of sp³-hybridized carbons (Fsp3) is 0.318. The van der Waals surface area contributed by atoms with E-state index < -0.39 is 0 Å². The van der Waals surface area contributed by atoms with Crippen LogP contribution >= 0.6 is 11.8 Å². The van der Waals surface area contributed by atoms with Crippen LogP contribution in [0, 0.1) is 6.92 Å². The largest absolute Gasteiger partial charge is 0.474 e. The van der Waals surface area contributed by atoms with Gasteiger partial charge in [-0.25, -0.2) is 15.0 Å². The standard InChI is InChI=1S/C22H24N6OS/c1-14-19(12-24-21-20(14)23-8-10-29-21)28-9-7-15-11-25-22(27-18(15)13-28)26-16-3-5-17(30-2)6-4-16/h3-6,11-12,23H,7-10,13H2,1-2H3,(H,25,26,27). The predicted molar refractivity (Wildman–Crippen MR) is 121 cm³/mol. The maximum absolute atomic E-state index is 5.67. The van der Waals surface area contributed by atoms with Crippen LogP contribution in [0.3, 0.4) is 0 Å². The van der Waals surface area contributed by atoms with Gasteiger partial charge in [-0.2, -0.15) is 0 Å². The molecule has 0 unspecified atom stereocenters. The van der Waals surface area contributed by atoms with Crippen molar-refractivity contribution in [3.05, 3.63) is 53.5 Å². The second kappa shape index (κ2) is 8.02. The van der Waals surface area contributed by atoms with E-state index in [2.05, 4.69) is 62.9 Å². The van der Waals surface area contributed by atoms with Crippen LogP contribution in [0.4, 0.5) is 23.0 Å². The van der Waals surface area contributed by atoms with E-state index in [0.29, 0.717) is 18.4 Å². The van der Waals surface area contributed by atoms with E-state index in [9.17, 15) is 0 Å². The topological polar surface area (TPSA) is 75.2 Å². The molecule has 7 nitrogen and oxygen atoms in total. The lowest BCUT2D eigenvalue weighted by Gasteiger charge is -2.32. The second-order valence-electron chi connectivity index (χ2n) is 7.41. The van der Waals surface area contributed by atoms with Crippen LogP contribution < -0.4 is 20.3 Å². The van der Waals surface area contributed by atoms with Crippen molar-refractivity contribution in [2.75, 3.05) is 41.5 Å². The van der Waals surface area contributed by atoms with Crippen LogP contribution in [-0.4, -0.2) is 40.9 Å². The van der Waals surface area contributed by atoms with Gasteiger partial charge < -0.3 is 20.3 Å². The van der Waals surface area contributed by atoms with Gasteiger partial charge in [0.25, 0.3) is 0 Å². The molecular weight excluding hydrogens is 396 g/mol. The minimum atomic E-state index is 0.628. The van der Waals surface area contributed by atoms with Crippen LogP contribution in [-0.2, 0) is 13.0 Å². The highest BCUT2D eigenvalue weighted by molar-refractivity contribution is 7.98. The highest BCUT2D eigenvalue weighted by atomic mass is 32.2. The molecule has 0 aliphatic carbocycles. The van der Waals surface area contributed by atoms with Gasteiger partial charge in [-0.3, -0.25) is 0 Å². The maximum Gasteiger partial charge on any atom is 0.237 e. The summed E-state index contributed by atoms with van der Waals surface area (Å²) in [6, 6.07) is 8.30. The summed E-state index contributed by atoms with van der Waals surface area (Å²) in [7, 11) is 0. The van der Waals surface area contributed by atoms with Crippen molar-refractivity contribution in [2.24, 2.45) is 0 Å². The average Bonchev–Trinajstić information content (AvgIpc) is 2.79. The highest BCUT2D eigenvalue weighted by Gasteiger charge is 2.23. The molecule has 0 saturated carbocycles. The van der Waals surface area contributed by atoms with Crippen molar-refractivity contribution in [1.82, 2.24) is 15.0 Å². The van der Waals surface area contributed by atoms with E-state index in [0.717, 1.165) is 48.8 Å². The molecule has 5 rings (SSSR count). The molecule has 1 aromatic carbocycles. The molecule has 154 valence electrons. The van der Waals surface area contributed by atoms with Gasteiger partial charge in [0.05, 0.1) is 24.1 Å². The van der Waals surface area contributed by atoms with Gasteiger partial charge in [0.1, 0.15) is 12.3 Å². The number of pyridine rings is 1. The Morgan fingerprint density at radius 1 is 1.17 bits per heavy atom. The zero-order chi connectivity index (χ0) is 20.5. The van der Waals surface area contributed by atoms with Gasteiger partial charge in [-0.05, 0) is 49.4 Å². The van der Waals surface area contributed by atoms with E-state index in [-0.39, 0.29) is 0 Å². The first kappa shape index (κ1) is 19.0. The zero-order valence-corrected chi connectivity index (χ0v) is 17.9. The number of hydrogen-bond donors (Lipinski definition) is 2. The highest BCUT2D eigenvalue weighted by Crippen LogP contribution is 2.36. The first-order valence-corrected chi connectivity index (χ1v) is 11.3. The quantitative estimate of drug-likeness (QED) is 0.613. The lowest BCUT2D eigenvalue weighted by Crippen LogP contribution is -2.32. The molecule has 0 fully saturated rings. The summed E-state index contributed by atoms with van der Waals surface area (Å²) in [6.45, 7) is 5.24. The molecule has 2 N–H and O–H groups in total. The summed E-state index contributed by atoms with van der Waals surface area (Å²) in [5, 5.41) is 6.75. The van der Waals surface area contributed by atoms with E-state index >= 15 is 0 Å². The van der Waals surface area contributed by atoms with E-state index in [1.807, 2.05) is 12.4 Å². The fourth-order valence-electron chi connectivity index (χ4n) is 3.90. The van der Waals surface area contributed by atoms with Crippen molar-refractivity contribution in [1.29, 1.82) is 0 Å². The van der Waals surface area contributed by atoms with Crippen molar-refractivity contribution >= 4 is 34.8 Å². The number of rotatable bonds is 4. The number of thioether (sulfide) groups is 1. The number of nitrogens with one attached hydrogen (secondary N) is 2. The molecule has 4 heterocycles. The number of nitrogens with zero attached hydrogens (tertiary/aromatic N) is 4. The van der Waals surface area contributed by atoms with E-state index in [1.165, 1.54) is 16.0 Å². The van der Waals surface area contributed by atoms with Crippen molar-refractivity contribution in [2.45, 2.75) is 24.8 Å². The Kier molecular flexibility index (Phi) is 5.08. The molecule has 30 heavy (non-hydrogen) atoms. The zero-order valence-electron chi connectivity index (χ0n) is 17.1. The van der Waals surface area contributed by atoms with Crippen LogP contribution in [0.25, 0.3) is 0 Å². The third-order valence-corrected chi connectivity index (χ3v) is 6.30. The number of ether oxygens (including phenoxy) is 1. The van der Waals surface area contributed by atoms with Crippen molar-refractivity contribution in [3.63, 3.8) is 0 Å². The molecule has 2 aromatic heterocycles. The molecular formula is C22H24N6OS. The van der Waals surface area contributed by atoms with Crippen LogP contribution in [0.2, 0.25) is 0 Å². The molecule has 8 heteroatoms. The maximum atomic E-state index is 5.67. The number of benzene rings is 1. The molecule has 2 aliphatic heterocycles. The summed E-state index contributed by atoms with van der Waals surface area (Å²) < 4.78 is 5.67. The Labute approximate surface area is 180 Å². The van der Waals surface area contributed by atoms with E-state index in [1.54, 1.807) is 11.8 Å². The Morgan fingerprint density at radius 3 is 2.87 bits per heavy atom. The number of fused-ring (bicyclic) bond motifs is 2. The molecule has 0 spiro atoms. The number of anilines is 4. The summed E-state index contributed by atoms with van der Waals surface area (Å²) >= 11 is 1.73. The molecule has 2 aliphatic rings. The molecule has 3 aromatic rings.